The Kier molecular flexibility index (Phi) is 8.46. The molecule has 0 aliphatic heterocycles. The van der Waals surface area contributed by atoms with Crippen LogP contribution >= 0.6 is 35.3 Å². The molecule has 0 fully saturated rings. The molecule has 11 heteroatoms. The van der Waals surface area contributed by atoms with Gasteiger partial charge in [-0.2, -0.15) is 4.31 Å². The van der Waals surface area contributed by atoms with E-state index in [2.05, 4.69) is 4.98 Å². The average molecular weight is 455 g/mol. The maximum Gasteiger partial charge on any atom is 0.244 e. The van der Waals surface area contributed by atoms with E-state index < -0.39 is 10.0 Å². The maximum absolute atomic E-state index is 12.8. The number of halogens is 2. The molecule has 0 aliphatic rings. The second kappa shape index (κ2) is 9.49. The van der Waals surface area contributed by atoms with Crippen LogP contribution in [0.15, 0.2) is 12.1 Å². The fourth-order valence-corrected chi connectivity index (χ4v) is 3.79. The molecule has 0 aliphatic carbocycles. The van der Waals surface area contributed by atoms with E-state index in [4.69, 9.17) is 11.6 Å². The van der Waals surface area contributed by atoms with E-state index in [-0.39, 0.29) is 24.9 Å². The smallest absolute Gasteiger partial charge is 0.244 e. The first-order valence-electron chi connectivity index (χ1n) is 7.92. The number of benzene rings is 1. The standard InChI is InChI=1S/C16H23ClN4O3S2.ClH/c1-11-12(17)6-7-13-15(11)18-16(25-13)21(9-8-19(2)3)14(22)10-20(4)26(5,23)24;/h6-7H,8-10H2,1-5H3;1H. The number of hydrogen-bond donors (Lipinski definition) is 0. The summed E-state index contributed by atoms with van der Waals surface area (Å²) in [6, 6.07) is 3.69. The molecule has 2 aromatic rings. The van der Waals surface area contributed by atoms with Crippen LogP contribution in [0.1, 0.15) is 5.56 Å². The first kappa shape index (κ1) is 24.1. The first-order valence-corrected chi connectivity index (χ1v) is 11.0. The molecule has 0 N–H and O–H groups in total. The van der Waals surface area contributed by atoms with Crippen LogP contribution in [0.3, 0.4) is 0 Å². The van der Waals surface area contributed by atoms with Crippen molar-refractivity contribution in [2.24, 2.45) is 0 Å². The van der Waals surface area contributed by atoms with Crippen molar-refractivity contribution in [2.75, 3.05) is 51.9 Å². The molecule has 0 radical (unpaired) electrons. The highest BCUT2D eigenvalue weighted by atomic mass is 35.5. The molecule has 0 bridgehead atoms. The normalized spacial score (nSPS) is 11.9. The average Bonchev–Trinajstić information content (AvgIpc) is 2.94. The molecule has 1 heterocycles. The van der Waals surface area contributed by atoms with Crippen molar-refractivity contribution < 1.29 is 13.2 Å². The number of anilines is 1. The third kappa shape index (κ3) is 6.00. The summed E-state index contributed by atoms with van der Waals surface area (Å²) in [6.45, 7) is 2.69. The van der Waals surface area contributed by atoms with E-state index in [1.807, 2.05) is 38.1 Å². The van der Waals surface area contributed by atoms with Crippen LogP contribution in [-0.4, -0.2) is 75.5 Å². The molecule has 1 aromatic carbocycles. The molecule has 0 atom stereocenters. The summed E-state index contributed by atoms with van der Waals surface area (Å²) < 4.78 is 25.2. The molecule has 1 amide bonds. The summed E-state index contributed by atoms with van der Waals surface area (Å²) in [5, 5.41) is 1.16. The van der Waals surface area contributed by atoms with Gasteiger partial charge in [0.15, 0.2) is 5.13 Å². The van der Waals surface area contributed by atoms with Gasteiger partial charge in [-0.15, -0.1) is 12.4 Å². The van der Waals surface area contributed by atoms with Crippen LogP contribution in [0.4, 0.5) is 5.13 Å². The molecule has 0 saturated heterocycles. The highest BCUT2D eigenvalue weighted by Gasteiger charge is 2.24. The van der Waals surface area contributed by atoms with Gasteiger partial charge in [0, 0.05) is 25.2 Å². The molecular weight excluding hydrogens is 431 g/mol. The van der Waals surface area contributed by atoms with Gasteiger partial charge in [-0.05, 0) is 38.7 Å². The molecule has 2 rings (SSSR count). The summed E-state index contributed by atoms with van der Waals surface area (Å²) >= 11 is 7.56. The lowest BCUT2D eigenvalue weighted by atomic mass is 10.2. The lowest BCUT2D eigenvalue weighted by Crippen LogP contribution is -2.43. The number of amides is 1. The molecule has 0 spiro atoms. The van der Waals surface area contributed by atoms with E-state index in [1.54, 1.807) is 4.90 Å². The Bertz CT molecular complexity index is 916. The molecule has 1 aromatic heterocycles. The summed E-state index contributed by atoms with van der Waals surface area (Å²) in [5.74, 6) is -0.317. The van der Waals surface area contributed by atoms with E-state index in [0.29, 0.717) is 23.2 Å². The summed E-state index contributed by atoms with van der Waals surface area (Å²) in [6.07, 6.45) is 1.08. The van der Waals surface area contributed by atoms with E-state index in [1.165, 1.54) is 18.4 Å². The van der Waals surface area contributed by atoms with E-state index >= 15 is 0 Å². The van der Waals surface area contributed by atoms with Crippen LogP contribution in [0.2, 0.25) is 5.02 Å². The van der Waals surface area contributed by atoms with Crippen molar-refractivity contribution >= 4 is 66.6 Å². The predicted molar refractivity (Wildman–Crippen MR) is 115 cm³/mol. The van der Waals surface area contributed by atoms with Crippen molar-refractivity contribution in [1.82, 2.24) is 14.2 Å². The van der Waals surface area contributed by atoms with E-state index in [9.17, 15) is 13.2 Å². The van der Waals surface area contributed by atoms with Gasteiger partial charge >= 0.3 is 0 Å². The Labute approximate surface area is 175 Å². The number of carbonyl (C=O) groups is 1. The molecule has 0 unspecified atom stereocenters. The topological polar surface area (TPSA) is 73.8 Å². The van der Waals surface area contributed by atoms with Crippen molar-refractivity contribution in [2.45, 2.75) is 6.92 Å². The number of fused-ring (bicyclic) bond motifs is 1. The lowest BCUT2D eigenvalue weighted by Gasteiger charge is -2.24. The Morgan fingerprint density at radius 1 is 1.22 bits per heavy atom. The van der Waals surface area contributed by atoms with Crippen LogP contribution in [0, 0.1) is 6.92 Å². The van der Waals surface area contributed by atoms with Gasteiger partial charge in [-0.25, -0.2) is 13.4 Å². The maximum atomic E-state index is 12.8. The monoisotopic (exact) mass is 454 g/mol. The first-order chi connectivity index (χ1) is 12.0. The summed E-state index contributed by atoms with van der Waals surface area (Å²) in [4.78, 5) is 20.9. The van der Waals surface area contributed by atoms with Gasteiger partial charge in [-0.3, -0.25) is 9.69 Å². The summed E-state index contributed by atoms with van der Waals surface area (Å²) in [7, 11) is 1.77. The van der Waals surface area contributed by atoms with Gasteiger partial charge in [0.2, 0.25) is 15.9 Å². The van der Waals surface area contributed by atoms with Crippen LogP contribution in [-0.2, 0) is 14.8 Å². The van der Waals surface area contributed by atoms with Gasteiger partial charge in [0.25, 0.3) is 0 Å². The van der Waals surface area contributed by atoms with E-state index in [0.717, 1.165) is 26.3 Å². The SMILES string of the molecule is Cc1c(Cl)ccc2sc(N(CCN(C)C)C(=O)CN(C)S(C)(=O)=O)nc12.Cl. The quantitative estimate of drug-likeness (QED) is 0.642. The number of likely N-dealkylation sites (N-methyl/N-ethyl adjacent to an activating group) is 2. The fourth-order valence-electron chi connectivity index (χ4n) is 2.22. The number of aryl methyl sites for hydroxylation is 1. The summed E-state index contributed by atoms with van der Waals surface area (Å²) in [5.41, 5.74) is 1.62. The zero-order valence-corrected chi connectivity index (χ0v) is 19.1. The highest BCUT2D eigenvalue weighted by molar-refractivity contribution is 7.88. The molecule has 0 saturated carbocycles. The van der Waals surface area contributed by atoms with Crippen LogP contribution in [0.25, 0.3) is 10.2 Å². The number of thiazole rings is 1. The van der Waals surface area contributed by atoms with Gasteiger partial charge in [0.05, 0.1) is 23.0 Å². The lowest BCUT2D eigenvalue weighted by molar-refractivity contribution is -0.118. The largest absolute Gasteiger partial charge is 0.308 e. The fraction of sp³-hybridized carbons (Fsp3) is 0.500. The molecule has 27 heavy (non-hydrogen) atoms. The Morgan fingerprint density at radius 3 is 2.41 bits per heavy atom. The molecular formula is C16H24Cl2N4O3S2. The van der Waals surface area contributed by atoms with Crippen molar-refractivity contribution in [3.8, 4) is 0 Å². The van der Waals surface area contributed by atoms with Crippen molar-refractivity contribution in [1.29, 1.82) is 0 Å². The zero-order valence-electron chi connectivity index (χ0n) is 15.9. The van der Waals surface area contributed by atoms with Gasteiger partial charge < -0.3 is 4.90 Å². The highest BCUT2D eigenvalue weighted by Crippen LogP contribution is 2.33. The minimum atomic E-state index is -3.44. The number of rotatable bonds is 7. The minimum Gasteiger partial charge on any atom is -0.308 e. The third-order valence-electron chi connectivity index (χ3n) is 3.96. The van der Waals surface area contributed by atoms with Crippen LogP contribution in [0.5, 0.6) is 0 Å². The number of carbonyl (C=O) groups excluding carboxylic acids is 1. The second-order valence-electron chi connectivity index (χ2n) is 6.38. The van der Waals surface area contributed by atoms with Crippen molar-refractivity contribution in [3.63, 3.8) is 0 Å². The number of hydrogen-bond acceptors (Lipinski definition) is 6. The molecule has 7 nitrogen and oxygen atoms in total. The zero-order chi connectivity index (χ0) is 19.6. The third-order valence-corrected chi connectivity index (χ3v) is 6.68. The molecule has 152 valence electrons. The number of sulfonamides is 1. The van der Waals surface area contributed by atoms with Crippen LogP contribution < -0.4 is 4.90 Å². The predicted octanol–water partition coefficient (Wildman–Crippen LogP) is 2.47. The van der Waals surface area contributed by atoms with Gasteiger partial charge in [-0.1, -0.05) is 22.9 Å². The Morgan fingerprint density at radius 2 is 1.85 bits per heavy atom. The Hall–Kier alpha value is -0.970. The van der Waals surface area contributed by atoms with Gasteiger partial charge in [0.1, 0.15) is 0 Å². The number of nitrogens with zero attached hydrogens (tertiary/aromatic N) is 4. The second-order valence-corrected chi connectivity index (χ2v) is 9.89. The Balaban J connectivity index is 0.00000364. The van der Waals surface area contributed by atoms with Crippen molar-refractivity contribution in [3.05, 3.63) is 22.7 Å². The minimum absolute atomic E-state index is 0. The number of aromatic nitrogens is 1.